The molecule has 0 spiro atoms. The van der Waals surface area contributed by atoms with Crippen LogP contribution in [0.1, 0.15) is 25.7 Å². The topological polar surface area (TPSA) is 51.4 Å². The molecule has 1 atom stereocenters. The summed E-state index contributed by atoms with van der Waals surface area (Å²) in [5.74, 6) is 2.88. The van der Waals surface area contributed by atoms with Gasteiger partial charge in [0.25, 0.3) is 0 Å². The van der Waals surface area contributed by atoms with Gasteiger partial charge >= 0.3 is 0 Å². The molecule has 3 rings (SSSR count). The maximum atomic E-state index is 5.37. The lowest BCUT2D eigenvalue weighted by Crippen LogP contribution is -2.30. The molecule has 0 N–H and O–H groups in total. The summed E-state index contributed by atoms with van der Waals surface area (Å²) < 4.78 is 10.6. The number of methoxy groups -OCH3 is 1. The molecule has 112 valence electrons. The fourth-order valence-electron chi connectivity index (χ4n) is 2.49. The highest BCUT2D eigenvalue weighted by molar-refractivity contribution is 5.56. The van der Waals surface area contributed by atoms with Gasteiger partial charge in [0.2, 0.25) is 11.7 Å². The van der Waals surface area contributed by atoms with Crippen molar-refractivity contribution in [2.45, 2.75) is 32.4 Å². The Hall–Kier alpha value is -1.88. The molecule has 5 heteroatoms. The Kier molecular flexibility index (Phi) is 3.92. The zero-order chi connectivity index (χ0) is 14.8. The van der Waals surface area contributed by atoms with Crippen LogP contribution in [0.2, 0.25) is 0 Å². The first-order chi connectivity index (χ1) is 10.2. The summed E-state index contributed by atoms with van der Waals surface area (Å²) in [6.45, 7) is 2.95. The highest BCUT2D eigenvalue weighted by Crippen LogP contribution is 2.35. The van der Waals surface area contributed by atoms with Gasteiger partial charge in [0.15, 0.2) is 0 Å². The van der Waals surface area contributed by atoms with Crippen LogP contribution in [0.15, 0.2) is 28.8 Å². The maximum Gasteiger partial charge on any atom is 0.241 e. The molecule has 1 aliphatic rings. The van der Waals surface area contributed by atoms with Crippen molar-refractivity contribution in [3.63, 3.8) is 0 Å². The van der Waals surface area contributed by atoms with E-state index >= 15 is 0 Å². The van der Waals surface area contributed by atoms with Gasteiger partial charge in [-0.3, -0.25) is 4.90 Å². The molecular formula is C16H21N3O2. The predicted molar refractivity (Wildman–Crippen MR) is 79.9 cm³/mol. The molecule has 1 fully saturated rings. The second-order valence-electron chi connectivity index (χ2n) is 5.74. The molecule has 0 aliphatic heterocycles. The van der Waals surface area contributed by atoms with Crippen LogP contribution in [-0.2, 0) is 6.54 Å². The Morgan fingerprint density at radius 1 is 1.43 bits per heavy atom. The zero-order valence-electron chi connectivity index (χ0n) is 12.7. The van der Waals surface area contributed by atoms with Gasteiger partial charge < -0.3 is 9.26 Å². The van der Waals surface area contributed by atoms with Gasteiger partial charge in [-0.25, -0.2) is 0 Å². The van der Waals surface area contributed by atoms with E-state index in [9.17, 15) is 0 Å². The van der Waals surface area contributed by atoms with Crippen molar-refractivity contribution in [1.82, 2.24) is 15.0 Å². The zero-order valence-corrected chi connectivity index (χ0v) is 12.7. The van der Waals surface area contributed by atoms with E-state index in [2.05, 4.69) is 29.0 Å². The van der Waals surface area contributed by atoms with Gasteiger partial charge in [-0.05, 0) is 44.9 Å². The van der Waals surface area contributed by atoms with Crippen LogP contribution in [0.25, 0.3) is 11.4 Å². The van der Waals surface area contributed by atoms with Gasteiger partial charge in [-0.1, -0.05) is 17.3 Å². The Balaban J connectivity index is 1.70. The second kappa shape index (κ2) is 5.85. The van der Waals surface area contributed by atoms with Gasteiger partial charge in [0, 0.05) is 11.6 Å². The molecule has 1 aromatic heterocycles. The first kappa shape index (κ1) is 14.1. The highest BCUT2D eigenvalue weighted by atomic mass is 16.5. The lowest BCUT2D eigenvalue weighted by molar-refractivity contribution is 0.197. The minimum Gasteiger partial charge on any atom is -0.497 e. The molecule has 0 amide bonds. The number of benzene rings is 1. The molecule has 0 radical (unpaired) electrons. The maximum absolute atomic E-state index is 5.37. The average Bonchev–Trinajstić information content (AvgIpc) is 3.26. The van der Waals surface area contributed by atoms with Crippen LogP contribution in [0.5, 0.6) is 5.75 Å². The molecule has 5 nitrogen and oxygen atoms in total. The molecular weight excluding hydrogens is 266 g/mol. The SMILES string of the molecule is COc1cccc(-c2noc(CN(C)[C@H](C)C3CC3)n2)c1. The lowest BCUT2D eigenvalue weighted by atomic mass is 10.2. The summed E-state index contributed by atoms with van der Waals surface area (Å²) in [5, 5.41) is 4.07. The van der Waals surface area contributed by atoms with Gasteiger partial charge in [-0.2, -0.15) is 4.98 Å². The van der Waals surface area contributed by atoms with Crippen LogP contribution in [0.4, 0.5) is 0 Å². The number of aromatic nitrogens is 2. The number of ether oxygens (including phenoxy) is 1. The Morgan fingerprint density at radius 3 is 2.95 bits per heavy atom. The first-order valence-electron chi connectivity index (χ1n) is 7.34. The number of hydrogen-bond acceptors (Lipinski definition) is 5. The number of nitrogens with zero attached hydrogens (tertiary/aromatic N) is 3. The molecule has 1 aliphatic carbocycles. The van der Waals surface area contributed by atoms with Crippen LogP contribution in [0.3, 0.4) is 0 Å². The van der Waals surface area contributed by atoms with Crippen molar-refractivity contribution in [2.24, 2.45) is 5.92 Å². The smallest absolute Gasteiger partial charge is 0.241 e. The van der Waals surface area contributed by atoms with E-state index < -0.39 is 0 Å². The van der Waals surface area contributed by atoms with Gasteiger partial charge in [0.1, 0.15) is 5.75 Å². The molecule has 1 heterocycles. The van der Waals surface area contributed by atoms with E-state index in [-0.39, 0.29) is 0 Å². The first-order valence-corrected chi connectivity index (χ1v) is 7.34. The Labute approximate surface area is 124 Å². The van der Waals surface area contributed by atoms with Crippen LogP contribution in [-0.4, -0.2) is 35.2 Å². The largest absolute Gasteiger partial charge is 0.497 e. The summed E-state index contributed by atoms with van der Waals surface area (Å²) in [7, 11) is 3.76. The molecule has 1 aromatic carbocycles. The summed E-state index contributed by atoms with van der Waals surface area (Å²) in [4.78, 5) is 6.76. The number of rotatable bonds is 6. The Bertz CT molecular complexity index is 607. The minimum atomic E-state index is 0.567. The van der Waals surface area contributed by atoms with Crippen molar-refractivity contribution >= 4 is 0 Å². The predicted octanol–water partition coefficient (Wildman–Crippen LogP) is 2.98. The number of hydrogen-bond donors (Lipinski definition) is 0. The quantitative estimate of drug-likeness (QED) is 0.817. The van der Waals surface area contributed by atoms with Crippen molar-refractivity contribution in [2.75, 3.05) is 14.2 Å². The lowest BCUT2D eigenvalue weighted by Gasteiger charge is -2.22. The third kappa shape index (κ3) is 3.24. The van der Waals surface area contributed by atoms with Gasteiger partial charge in [0.05, 0.1) is 13.7 Å². The average molecular weight is 287 g/mol. The van der Waals surface area contributed by atoms with E-state index in [4.69, 9.17) is 9.26 Å². The normalized spacial score (nSPS) is 16.2. The molecule has 21 heavy (non-hydrogen) atoms. The van der Waals surface area contributed by atoms with E-state index in [1.54, 1.807) is 7.11 Å². The summed E-state index contributed by atoms with van der Waals surface area (Å²) in [5.41, 5.74) is 0.905. The molecule has 0 unspecified atom stereocenters. The van der Waals surface area contributed by atoms with Crippen molar-refractivity contribution in [1.29, 1.82) is 0 Å². The van der Waals surface area contributed by atoms with E-state index in [0.29, 0.717) is 24.3 Å². The molecule has 1 saturated carbocycles. The van der Waals surface area contributed by atoms with E-state index in [1.165, 1.54) is 12.8 Å². The summed E-state index contributed by atoms with van der Waals surface area (Å²) in [6, 6.07) is 8.25. The fourth-order valence-corrected chi connectivity index (χ4v) is 2.49. The fraction of sp³-hybridized carbons (Fsp3) is 0.500. The van der Waals surface area contributed by atoms with Crippen molar-refractivity contribution in [3.8, 4) is 17.1 Å². The minimum absolute atomic E-state index is 0.567. The van der Waals surface area contributed by atoms with Crippen molar-refractivity contribution < 1.29 is 9.26 Å². The summed E-state index contributed by atoms with van der Waals surface area (Å²) >= 11 is 0. The van der Waals surface area contributed by atoms with Crippen molar-refractivity contribution in [3.05, 3.63) is 30.2 Å². The second-order valence-corrected chi connectivity index (χ2v) is 5.74. The molecule has 0 saturated heterocycles. The highest BCUT2D eigenvalue weighted by Gasteiger charge is 2.31. The Morgan fingerprint density at radius 2 is 2.24 bits per heavy atom. The summed E-state index contributed by atoms with van der Waals surface area (Å²) in [6.07, 6.45) is 2.68. The van der Waals surface area contributed by atoms with Crippen LogP contribution < -0.4 is 4.74 Å². The molecule has 2 aromatic rings. The van der Waals surface area contributed by atoms with E-state index in [0.717, 1.165) is 17.2 Å². The van der Waals surface area contributed by atoms with E-state index in [1.807, 2.05) is 24.3 Å². The third-order valence-corrected chi connectivity index (χ3v) is 4.18. The third-order valence-electron chi connectivity index (χ3n) is 4.18. The molecule has 0 bridgehead atoms. The van der Waals surface area contributed by atoms with Crippen LogP contribution >= 0.6 is 0 Å². The monoisotopic (exact) mass is 287 g/mol. The van der Waals surface area contributed by atoms with Gasteiger partial charge in [-0.15, -0.1) is 0 Å². The van der Waals surface area contributed by atoms with Crippen LogP contribution in [0, 0.1) is 5.92 Å². The standard InChI is InChI=1S/C16H21N3O2/c1-11(12-7-8-12)19(2)10-15-17-16(18-21-15)13-5-4-6-14(9-13)20-3/h4-6,9,11-12H,7-8,10H2,1-3H3/t11-/m1/s1.